The molecule has 7 nitrogen and oxygen atoms in total. The molecule has 0 saturated carbocycles. The molecule has 0 spiro atoms. The molecule has 0 saturated heterocycles. The number of carbonyl (C=O) groups is 2. The first kappa shape index (κ1) is 27.0. The van der Waals surface area contributed by atoms with Crippen LogP contribution in [0, 0.1) is 7.14 Å². The molecule has 2 aromatic carbocycles. The van der Waals surface area contributed by atoms with Crippen LogP contribution in [0.1, 0.15) is 37.9 Å². The Balaban J connectivity index is 2.00. The van der Waals surface area contributed by atoms with Crippen LogP contribution in [-0.4, -0.2) is 23.1 Å². The number of rotatable bonds is 5. The Morgan fingerprint density at radius 3 is 2.64 bits per heavy atom. The topological polar surface area (TPSA) is 87.0 Å². The van der Waals surface area contributed by atoms with E-state index in [9.17, 15) is 14.4 Å². The van der Waals surface area contributed by atoms with Crippen LogP contribution in [0.5, 0.6) is 5.75 Å². The minimum absolute atomic E-state index is 0.180. The molecule has 11 heteroatoms. The Labute approximate surface area is 242 Å². The third-order valence-corrected chi connectivity index (χ3v) is 8.04. The standard InChI is InChI=1S/C25H19ClI2N2O5S/c1-4-34-24(33)20-12(2)29-25-30(21(20)16-7-5-6-8-17(16)26)23(32)19(36-25)10-14-9-15(27)11-18(28)22(14)35-13(3)31/h5-11,21H,4H2,1-3H3/b19-10-/t21-/m1/s1. The van der Waals surface area contributed by atoms with Crippen LogP contribution < -0.4 is 19.6 Å². The van der Waals surface area contributed by atoms with E-state index in [1.165, 1.54) is 22.8 Å². The summed E-state index contributed by atoms with van der Waals surface area (Å²) >= 11 is 12.0. The highest BCUT2D eigenvalue weighted by Gasteiger charge is 2.34. The summed E-state index contributed by atoms with van der Waals surface area (Å²) in [7, 11) is 0. The van der Waals surface area contributed by atoms with E-state index in [0.717, 1.165) is 7.14 Å². The normalized spacial score (nSPS) is 15.4. The average Bonchev–Trinajstić information content (AvgIpc) is 3.10. The van der Waals surface area contributed by atoms with Gasteiger partial charge in [-0.05, 0) is 88.9 Å². The lowest BCUT2D eigenvalue weighted by Crippen LogP contribution is -2.40. The van der Waals surface area contributed by atoms with Crippen LogP contribution in [0.4, 0.5) is 0 Å². The van der Waals surface area contributed by atoms with Crippen molar-refractivity contribution in [3.05, 3.63) is 90.6 Å². The number of aromatic nitrogens is 1. The van der Waals surface area contributed by atoms with Gasteiger partial charge in [-0.2, -0.15) is 0 Å². The SMILES string of the molecule is CCOC(=O)C1=C(C)N=c2s/c(=C\c3cc(I)cc(I)c3OC(C)=O)c(=O)n2[C@@H]1c1ccccc1Cl. The number of hydrogen-bond acceptors (Lipinski definition) is 7. The summed E-state index contributed by atoms with van der Waals surface area (Å²) in [6.07, 6.45) is 1.68. The number of carbonyl (C=O) groups excluding carboxylic acids is 2. The number of benzene rings is 2. The molecule has 3 aromatic rings. The number of allylic oxidation sites excluding steroid dienone is 1. The molecule has 1 aliphatic heterocycles. The number of ether oxygens (including phenoxy) is 2. The van der Waals surface area contributed by atoms with Crippen LogP contribution in [-0.2, 0) is 14.3 Å². The molecule has 0 fully saturated rings. The van der Waals surface area contributed by atoms with Crippen LogP contribution >= 0.6 is 68.1 Å². The van der Waals surface area contributed by atoms with E-state index < -0.39 is 18.0 Å². The maximum atomic E-state index is 13.8. The van der Waals surface area contributed by atoms with Crippen molar-refractivity contribution in [3.8, 4) is 5.75 Å². The first-order chi connectivity index (χ1) is 17.1. The molecule has 1 aromatic heterocycles. The third-order valence-electron chi connectivity index (χ3n) is 5.29. The molecule has 0 amide bonds. The van der Waals surface area contributed by atoms with Gasteiger partial charge in [0.05, 0.1) is 26.0 Å². The van der Waals surface area contributed by atoms with Crippen molar-refractivity contribution in [1.82, 2.24) is 4.57 Å². The molecular formula is C25H19ClI2N2O5S. The average molecular weight is 749 g/mol. The summed E-state index contributed by atoms with van der Waals surface area (Å²) in [5.41, 5.74) is 1.54. The van der Waals surface area contributed by atoms with Gasteiger partial charge in [0.2, 0.25) is 0 Å². The van der Waals surface area contributed by atoms with Gasteiger partial charge in [0.15, 0.2) is 10.6 Å². The summed E-state index contributed by atoms with van der Waals surface area (Å²) in [5, 5.41) is 0.415. The number of esters is 2. The van der Waals surface area contributed by atoms with Crippen molar-refractivity contribution in [1.29, 1.82) is 0 Å². The zero-order chi connectivity index (χ0) is 26.1. The molecule has 0 unspecified atom stereocenters. The van der Waals surface area contributed by atoms with Crippen molar-refractivity contribution >= 4 is 86.1 Å². The fourth-order valence-corrected chi connectivity index (χ4v) is 7.14. The summed E-state index contributed by atoms with van der Waals surface area (Å²) in [5.74, 6) is -0.638. The smallest absolute Gasteiger partial charge is 0.338 e. The highest BCUT2D eigenvalue weighted by molar-refractivity contribution is 14.1. The van der Waals surface area contributed by atoms with E-state index in [0.29, 0.717) is 36.9 Å². The molecule has 4 rings (SSSR count). The fourth-order valence-electron chi connectivity index (χ4n) is 3.86. The Hall–Kier alpha value is -2.03. The molecule has 1 aliphatic rings. The maximum absolute atomic E-state index is 13.8. The highest BCUT2D eigenvalue weighted by Crippen LogP contribution is 2.34. The van der Waals surface area contributed by atoms with E-state index in [1.54, 1.807) is 44.2 Å². The van der Waals surface area contributed by atoms with Crippen LogP contribution in [0.25, 0.3) is 6.08 Å². The molecule has 0 radical (unpaired) electrons. The molecule has 1 atom stereocenters. The van der Waals surface area contributed by atoms with E-state index >= 15 is 0 Å². The fraction of sp³-hybridized carbons (Fsp3) is 0.200. The van der Waals surface area contributed by atoms with Gasteiger partial charge in [0, 0.05) is 21.1 Å². The second-order valence-electron chi connectivity index (χ2n) is 7.72. The molecule has 186 valence electrons. The van der Waals surface area contributed by atoms with Crippen molar-refractivity contribution in [2.45, 2.75) is 26.8 Å². The molecular weight excluding hydrogens is 730 g/mol. The number of thiazole rings is 1. The molecule has 0 aliphatic carbocycles. The summed E-state index contributed by atoms with van der Waals surface area (Å²) in [6, 6.07) is 9.98. The van der Waals surface area contributed by atoms with E-state index in [4.69, 9.17) is 21.1 Å². The lowest BCUT2D eigenvalue weighted by Gasteiger charge is -2.25. The van der Waals surface area contributed by atoms with Gasteiger partial charge in [-0.3, -0.25) is 14.2 Å². The molecule has 0 bridgehead atoms. The Bertz CT molecular complexity index is 1610. The Morgan fingerprint density at radius 1 is 1.25 bits per heavy atom. The Kier molecular flexibility index (Phi) is 8.37. The van der Waals surface area contributed by atoms with Gasteiger partial charge < -0.3 is 9.47 Å². The van der Waals surface area contributed by atoms with Gasteiger partial charge in [0.1, 0.15) is 6.04 Å². The summed E-state index contributed by atoms with van der Waals surface area (Å²) < 4.78 is 14.3. The quantitative estimate of drug-likeness (QED) is 0.217. The van der Waals surface area contributed by atoms with Crippen LogP contribution in [0.3, 0.4) is 0 Å². The lowest BCUT2D eigenvalue weighted by molar-refractivity contribution is -0.139. The predicted octanol–water partition coefficient (Wildman–Crippen LogP) is 4.59. The van der Waals surface area contributed by atoms with Gasteiger partial charge in [0.25, 0.3) is 5.56 Å². The number of hydrogen-bond donors (Lipinski definition) is 0. The van der Waals surface area contributed by atoms with Crippen molar-refractivity contribution < 1.29 is 19.1 Å². The highest BCUT2D eigenvalue weighted by atomic mass is 127. The molecule has 36 heavy (non-hydrogen) atoms. The van der Waals surface area contributed by atoms with Crippen molar-refractivity contribution in [2.75, 3.05) is 6.61 Å². The first-order valence-electron chi connectivity index (χ1n) is 10.7. The van der Waals surface area contributed by atoms with Gasteiger partial charge in [-0.1, -0.05) is 41.1 Å². The van der Waals surface area contributed by atoms with Gasteiger partial charge in [-0.25, -0.2) is 9.79 Å². The van der Waals surface area contributed by atoms with Crippen LogP contribution in [0.2, 0.25) is 5.02 Å². The largest absolute Gasteiger partial charge is 0.463 e. The number of halogens is 3. The van der Waals surface area contributed by atoms with E-state index in [-0.39, 0.29) is 17.7 Å². The lowest BCUT2D eigenvalue weighted by atomic mass is 9.96. The molecule has 0 N–H and O–H groups in total. The Morgan fingerprint density at radius 2 is 1.97 bits per heavy atom. The maximum Gasteiger partial charge on any atom is 0.338 e. The van der Waals surface area contributed by atoms with E-state index in [2.05, 4.69) is 50.2 Å². The molecule has 2 heterocycles. The van der Waals surface area contributed by atoms with Gasteiger partial charge >= 0.3 is 11.9 Å². The first-order valence-corrected chi connectivity index (χ1v) is 14.1. The van der Waals surface area contributed by atoms with Gasteiger partial charge in [-0.15, -0.1) is 0 Å². The minimum atomic E-state index is -0.805. The van der Waals surface area contributed by atoms with E-state index in [1.807, 2.05) is 12.1 Å². The van der Waals surface area contributed by atoms with Crippen molar-refractivity contribution in [3.63, 3.8) is 0 Å². The summed E-state index contributed by atoms with van der Waals surface area (Å²) in [6.45, 7) is 4.94. The second kappa shape index (κ2) is 11.2. The third kappa shape index (κ3) is 5.31. The zero-order valence-electron chi connectivity index (χ0n) is 19.3. The minimum Gasteiger partial charge on any atom is -0.463 e. The zero-order valence-corrected chi connectivity index (χ0v) is 25.2. The number of fused-ring (bicyclic) bond motifs is 1. The predicted molar refractivity (Wildman–Crippen MR) is 155 cm³/mol. The second-order valence-corrected chi connectivity index (χ2v) is 11.5. The monoisotopic (exact) mass is 748 g/mol. The summed E-state index contributed by atoms with van der Waals surface area (Å²) in [4.78, 5) is 43.5. The number of nitrogens with zero attached hydrogens (tertiary/aromatic N) is 2. The van der Waals surface area contributed by atoms with Crippen molar-refractivity contribution in [2.24, 2.45) is 4.99 Å². The van der Waals surface area contributed by atoms with Crippen LogP contribution in [0.15, 0.2) is 57.5 Å².